The molecule has 2 atom stereocenters. The minimum absolute atomic E-state index is 0.0910. The van der Waals surface area contributed by atoms with Crippen LogP contribution in [0, 0.1) is 0 Å². The van der Waals surface area contributed by atoms with Gasteiger partial charge >= 0.3 is 0 Å². The van der Waals surface area contributed by atoms with Crippen molar-refractivity contribution in [1.82, 2.24) is 14.7 Å². The van der Waals surface area contributed by atoms with E-state index >= 15 is 0 Å². The number of fused-ring (bicyclic) bond motifs is 2. The van der Waals surface area contributed by atoms with Crippen molar-refractivity contribution in [3.05, 3.63) is 12.4 Å². The zero-order valence-corrected chi connectivity index (χ0v) is 9.58. The summed E-state index contributed by atoms with van der Waals surface area (Å²) in [6.45, 7) is 1.69. The highest BCUT2D eigenvalue weighted by molar-refractivity contribution is 5.76. The van der Waals surface area contributed by atoms with E-state index in [-0.39, 0.29) is 24.7 Å². The molecule has 17 heavy (non-hydrogen) atoms. The lowest BCUT2D eigenvalue weighted by Gasteiger charge is -2.32. The summed E-state index contributed by atoms with van der Waals surface area (Å²) < 4.78 is 7.27. The predicted octanol–water partition coefficient (Wildman–Crippen LogP) is -0.145. The molecule has 0 aliphatic carbocycles. The molecule has 2 unspecified atom stereocenters. The first-order valence-electron chi connectivity index (χ1n) is 5.92. The maximum atomic E-state index is 12.1. The molecule has 1 amide bonds. The van der Waals surface area contributed by atoms with Crippen LogP contribution in [-0.4, -0.2) is 45.9 Å². The molecule has 0 radical (unpaired) electrons. The molecule has 0 aromatic carbocycles. The summed E-state index contributed by atoms with van der Waals surface area (Å²) in [6, 6.07) is 0. The summed E-state index contributed by atoms with van der Waals surface area (Å²) in [7, 11) is 0. The van der Waals surface area contributed by atoms with Gasteiger partial charge in [-0.05, 0) is 12.8 Å². The Bertz CT molecular complexity index is 419. The van der Waals surface area contributed by atoms with Crippen molar-refractivity contribution in [3.8, 4) is 0 Å². The molecule has 2 N–H and O–H groups in total. The highest BCUT2D eigenvalue weighted by Crippen LogP contribution is 2.26. The molecule has 2 fully saturated rings. The van der Waals surface area contributed by atoms with Crippen LogP contribution in [0.3, 0.4) is 0 Å². The number of nitrogens with two attached hydrogens (primary N) is 1. The number of aromatic nitrogens is 2. The molecule has 3 heterocycles. The molecular formula is C11H16N4O2. The molecule has 1 aromatic heterocycles. The molecule has 0 spiro atoms. The number of amides is 1. The number of carbonyl (C=O) groups is 1. The zero-order valence-electron chi connectivity index (χ0n) is 9.58. The quantitative estimate of drug-likeness (QED) is 0.775. The first-order valence-corrected chi connectivity index (χ1v) is 5.92. The van der Waals surface area contributed by atoms with E-state index in [0.717, 1.165) is 12.8 Å². The third kappa shape index (κ3) is 2.12. The Morgan fingerprint density at radius 2 is 2.18 bits per heavy atom. The van der Waals surface area contributed by atoms with Crippen molar-refractivity contribution in [1.29, 1.82) is 0 Å². The van der Waals surface area contributed by atoms with Crippen LogP contribution < -0.4 is 5.73 Å². The minimum Gasteiger partial charge on any atom is -0.396 e. The van der Waals surface area contributed by atoms with Crippen LogP contribution in [0.25, 0.3) is 0 Å². The second kappa shape index (κ2) is 4.03. The number of nitrogen functional groups attached to an aromatic ring is 1. The second-order valence-electron chi connectivity index (χ2n) is 4.73. The molecule has 2 aliphatic heterocycles. The van der Waals surface area contributed by atoms with Crippen molar-refractivity contribution in [2.75, 3.05) is 18.8 Å². The topological polar surface area (TPSA) is 73.4 Å². The smallest absolute Gasteiger partial charge is 0.244 e. The fourth-order valence-corrected chi connectivity index (χ4v) is 2.52. The number of nitrogens with zero attached hydrogens (tertiary/aromatic N) is 3. The number of likely N-dealkylation sites (tertiary alicyclic amines) is 1. The number of morpholine rings is 1. The molecule has 0 saturated carbocycles. The Morgan fingerprint density at radius 3 is 2.76 bits per heavy atom. The van der Waals surface area contributed by atoms with Crippen molar-refractivity contribution in [3.63, 3.8) is 0 Å². The molecule has 2 saturated heterocycles. The predicted molar refractivity (Wildman–Crippen MR) is 61.1 cm³/mol. The summed E-state index contributed by atoms with van der Waals surface area (Å²) >= 11 is 0. The highest BCUT2D eigenvalue weighted by atomic mass is 16.5. The van der Waals surface area contributed by atoms with Crippen molar-refractivity contribution in [2.24, 2.45) is 0 Å². The van der Waals surface area contributed by atoms with E-state index in [9.17, 15) is 4.79 Å². The first-order chi connectivity index (χ1) is 8.20. The Morgan fingerprint density at radius 1 is 1.47 bits per heavy atom. The Balaban J connectivity index is 1.63. The zero-order chi connectivity index (χ0) is 11.8. The van der Waals surface area contributed by atoms with Gasteiger partial charge in [0.05, 0.1) is 24.1 Å². The van der Waals surface area contributed by atoms with Gasteiger partial charge in [-0.1, -0.05) is 0 Å². The van der Waals surface area contributed by atoms with Crippen molar-refractivity contribution in [2.45, 2.75) is 31.6 Å². The number of ether oxygens (including phenoxy) is 1. The third-order valence-corrected chi connectivity index (χ3v) is 3.35. The van der Waals surface area contributed by atoms with Crippen molar-refractivity contribution < 1.29 is 9.53 Å². The number of hydrogen-bond donors (Lipinski definition) is 1. The van der Waals surface area contributed by atoms with Gasteiger partial charge in [-0.15, -0.1) is 0 Å². The normalized spacial score (nSPS) is 27.4. The van der Waals surface area contributed by atoms with Gasteiger partial charge in [0, 0.05) is 19.3 Å². The SMILES string of the molecule is Nc1cnn(CC(=O)N2CC3CCC(C2)O3)c1. The van der Waals surface area contributed by atoms with Crippen LogP contribution in [0.2, 0.25) is 0 Å². The van der Waals surface area contributed by atoms with Crippen LogP contribution in [0.5, 0.6) is 0 Å². The highest BCUT2D eigenvalue weighted by Gasteiger charge is 2.35. The van der Waals surface area contributed by atoms with Crippen LogP contribution in [0.4, 0.5) is 5.69 Å². The minimum atomic E-state index is 0.0910. The van der Waals surface area contributed by atoms with Gasteiger partial charge in [0.15, 0.2) is 0 Å². The maximum absolute atomic E-state index is 12.1. The molecule has 6 nitrogen and oxygen atoms in total. The number of carbonyl (C=O) groups excluding carboxylic acids is 1. The summed E-state index contributed by atoms with van der Waals surface area (Å²) in [6.07, 6.45) is 5.84. The van der Waals surface area contributed by atoms with Gasteiger partial charge in [-0.25, -0.2) is 0 Å². The number of anilines is 1. The summed E-state index contributed by atoms with van der Waals surface area (Å²) in [5.41, 5.74) is 6.14. The third-order valence-electron chi connectivity index (χ3n) is 3.35. The molecule has 1 aromatic rings. The van der Waals surface area contributed by atoms with Gasteiger partial charge in [-0.2, -0.15) is 5.10 Å². The fraction of sp³-hybridized carbons (Fsp3) is 0.636. The van der Waals surface area contributed by atoms with E-state index in [1.165, 1.54) is 0 Å². The summed E-state index contributed by atoms with van der Waals surface area (Å²) in [4.78, 5) is 13.9. The van der Waals surface area contributed by atoms with E-state index in [1.54, 1.807) is 17.1 Å². The molecular weight excluding hydrogens is 220 g/mol. The van der Waals surface area contributed by atoms with E-state index in [4.69, 9.17) is 10.5 Å². The van der Waals surface area contributed by atoms with Gasteiger partial charge in [-0.3, -0.25) is 9.48 Å². The van der Waals surface area contributed by atoms with E-state index in [0.29, 0.717) is 18.8 Å². The standard InChI is InChI=1S/C11H16N4O2/c12-8-3-13-15(4-8)7-11(16)14-5-9-1-2-10(6-14)17-9/h3-4,9-10H,1-2,5-7,12H2. The summed E-state index contributed by atoms with van der Waals surface area (Å²) in [5.74, 6) is 0.0910. The Kier molecular flexibility index (Phi) is 2.51. The monoisotopic (exact) mass is 236 g/mol. The average molecular weight is 236 g/mol. The van der Waals surface area contributed by atoms with Gasteiger partial charge in [0.1, 0.15) is 6.54 Å². The number of hydrogen-bond acceptors (Lipinski definition) is 4. The van der Waals surface area contributed by atoms with E-state index < -0.39 is 0 Å². The van der Waals surface area contributed by atoms with Gasteiger partial charge < -0.3 is 15.4 Å². The van der Waals surface area contributed by atoms with E-state index in [1.807, 2.05) is 4.90 Å². The van der Waals surface area contributed by atoms with Crippen LogP contribution in [-0.2, 0) is 16.1 Å². The Labute approximate surface area is 99.3 Å². The fourth-order valence-electron chi connectivity index (χ4n) is 2.52. The largest absolute Gasteiger partial charge is 0.396 e. The summed E-state index contributed by atoms with van der Waals surface area (Å²) in [5, 5.41) is 4.02. The molecule has 2 bridgehead atoms. The second-order valence-corrected chi connectivity index (χ2v) is 4.73. The Hall–Kier alpha value is -1.56. The molecule has 6 heteroatoms. The lowest BCUT2D eigenvalue weighted by atomic mass is 10.2. The van der Waals surface area contributed by atoms with E-state index in [2.05, 4.69) is 5.10 Å². The van der Waals surface area contributed by atoms with Gasteiger partial charge in [0.2, 0.25) is 5.91 Å². The first kappa shape index (κ1) is 10.6. The van der Waals surface area contributed by atoms with Gasteiger partial charge in [0.25, 0.3) is 0 Å². The average Bonchev–Trinajstić information content (AvgIpc) is 2.85. The molecule has 3 rings (SSSR count). The molecule has 92 valence electrons. The van der Waals surface area contributed by atoms with Crippen LogP contribution in [0.1, 0.15) is 12.8 Å². The van der Waals surface area contributed by atoms with Crippen LogP contribution in [0.15, 0.2) is 12.4 Å². The van der Waals surface area contributed by atoms with Crippen LogP contribution >= 0.6 is 0 Å². The lowest BCUT2D eigenvalue weighted by Crippen LogP contribution is -2.47. The maximum Gasteiger partial charge on any atom is 0.244 e. The lowest BCUT2D eigenvalue weighted by molar-refractivity contribution is -0.140. The number of rotatable bonds is 2. The molecule has 2 aliphatic rings. The van der Waals surface area contributed by atoms with Crippen molar-refractivity contribution >= 4 is 11.6 Å².